The molecule has 9 heteroatoms. The van der Waals surface area contributed by atoms with Crippen molar-refractivity contribution in [3.8, 4) is 0 Å². The number of nitrogens with one attached hydrogen (secondary N) is 1. The molecule has 1 N–H and O–H groups in total. The smallest absolute Gasteiger partial charge is 0.381 e. The molecule has 0 spiro atoms. The van der Waals surface area contributed by atoms with Crippen LogP contribution in [0.5, 0.6) is 0 Å². The number of alkyl halides is 3. The molecular formula is C20H22F3N3O2S. The van der Waals surface area contributed by atoms with E-state index in [0.29, 0.717) is 36.7 Å². The van der Waals surface area contributed by atoms with Gasteiger partial charge in [-0.3, -0.25) is 4.79 Å². The predicted molar refractivity (Wildman–Crippen MR) is 106 cm³/mol. The van der Waals surface area contributed by atoms with Crippen molar-refractivity contribution in [2.24, 2.45) is 0 Å². The first-order valence-corrected chi connectivity index (χ1v) is 10.4. The second kappa shape index (κ2) is 7.95. The summed E-state index contributed by atoms with van der Waals surface area (Å²) >= 11 is 1.30. The second-order valence-electron chi connectivity index (χ2n) is 7.44. The van der Waals surface area contributed by atoms with E-state index < -0.39 is 17.6 Å². The molecule has 0 radical (unpaired) electrons. The van der Waals surface area contributed by atoms with Crippen molar-refractivity contribution in [3.05, 3.63) is 39.8 Å². The molecule has 1 saturated heterocycles. The highest BCUT2D eigenvalue weighted by Gasteiger charge is 2.36. The molecule has 2 aliphatic rings. The van der Waals surface area contributed by atoms with Crippen LogP contribution < -0.4 is 10.2 Å². The zero-order valence-electron chi connectivity index (χ0n) is 16.0. The largest absolute Gasteiger partial charge is 0.418 e. The standard InChI is InChI=1S/C20H22F3N3O2S/c1-28-14-6-8-26(9-7-14)16-5-4-13(10-15(16)20(21,22)23)25-18(27)17-11-24-19(29-17)12-2-3-12/h4-5,10-12,14H,2-3,6-9H2,1H3,(H,25,27). The quantitative estimate of drug-likeness (QED) is 0.740. The Bertz CT molecular complexity index is 887. The van der Waals surface area contributed by atoms with Crippen LogP contribution >= 0.6 is 11.3 Å². The number of aromatic nitrogens is 1. The monoisotopic (exact) mass is 425 g/mol. The Labute approximate surface area is 170 Å². The van der Waals surface area contributed by atoms with Crippen LogP contribution in [0.25, 0.3) is 0 Å². The summed E-state index contributed by atoms with van der Waals surface area (Å²) in [6, 6.07) is 3.97. The average Bonchev–Trinajstić information content (AvgIpc) is 3.44. The summed E-state index contributed by atoms with van der Waals surface area (Å²) in [6.07, 6.45) is 0.574. The van der Waals surface area contributed by atoms with Crippen LogP contribution in [0.4, 0.5) is 24.5 Å². The number of piperidine rings is 1. The number of hydrogen-bond donors (Lipinski definition) is 1. The summed E-state index contributed by atoms with van der Waals surface area (Å²) in [7, 11) is 1.62. The third-order valence-electron chi connectivity index (χ3n) is 5.35. The minimum atomic E-state index is -4.52. The molecule has 1 aliphatic heterocycles. The zero-order chi connectivity index (χ0) is 20.6. The molecule has 156 valence electrons. The molecule has 0 unspecified atom stereocenters. The molecule has 2 fully saturated rings. The lowest BCUT2D eigenvalue weighted by atomic mass is 10.0. The Morgan fingerprint density at radius 1 is 1.24 bits per heavy atom. The number of benzene rings is 1. The van der Waals surface area contributed by atoms with Gasteiger partial charge in [-0.1, -0.05) is 0 Å². The maximum absolute atomic E-state index is 13.7. The Morgan fingerprint density at radius 3 is 2.59 bits per heavy atom. The summed E-state index contributed by atoms with van der Waals surface area (Å²) in [5.41, 5.74) is -0.479. The Morgan fingerprint density at radius 2 is 1.97 bits per heavy atom. The first-order chi connectivity index (χ1) is 13.8. The van der Waals surface area contributed by atoms with Crippen molar-refractivity contribution < 1.29 is 22.7 Å². The molecule has 1 aliphatic carbocycles. The summed E-state index contributed by atoms with van der Waals surface area (Å²) < 4.78 is 46.4. The lowest BCUT2D eigenvalue weighted by molar-refractivity contribution is -0.137. The summed E-state index contributed by atoms with van der Waals surface area (Å²) in [6.45, 7) is 0.996. The fourth-order valence-electron chi connectivity index (χ4n) is 3.55. The van der Waals surface area contributed by atoms with E-state index in [2.05, 4.69) is 10.3 Å². The minimum Gasteiger partial charge on any atom is -0.381 e. The van der Waals surface area contributed by atoms with E-state index in [1.165, 1.54) is 29.7 Å². The molecule has 0 bridgehead atoms. The molecule has 1 saturated carbocycles. The highest BCUT2D eigenvalue weighted by molar-refractivity contribution is 7.13. The van der Waals surface area contributed by atoms with E-state index in [4.69, 9.17) is 4.74 Å². The van der Waals surface area contributed by atoms with Gasteiger partial charge in [0.2, 0.25) is 0 Å². The van der Waals surface area contributed by atoms with Crippen LogP contribution in [-0.4, -0.2) is 37.2 Å². The Balaban J connectivity index is 1.52. The Hall–Kier alpha value is -2.13. The van der Waals surface area contributed by atoms with Crippen molar-refractivity contribution in [2.75, 3.05) is 30.4 Å². The summed E-state index contributed by atoms with van der Waals surface area (Å²) in [5.74, 6) is -0.00361. The van der Waals surface area contributed by atoms with Crippen LogP contribution in [-0.2, 0) is 10.9 Å². The van der Waals surface area contributed by atoms with E-state index in [9.17, 15) is 18.0 Å². The van der Waals surface area contributed by atoms with Crippen LogP contribution in [0.1, 0.15) is 51.8 Å². The maximum Gasteiger partial charge on any atom is 0.418 e. The number of carbonyl (C=O) groups excluding carboxylic acids is 1. The van der Waals surface area contributed by atoms with Crippen molar-refractivity contribution in [2.45, 2.75) is 43.9 Å². The number of carbonyl (C=O) groups is 1. The maximum atomic E-state index is 13.7. The molecule has 29 heavy (non-hydrogen) atoms. The first kappa shape index (κ1) is 20.2. The number of thiazole rings is 1. The van der Waals surface area contributed by atoms with Crippen molar-refractivity contribution in [3.63, 3.8) is 0 Å². The van der Waals surface area contributed by atoms with Gasteiger partial charge in [-0.2, -0.15) is 13.2 Å². The SMILES string of the molecule is COC1CCN(c2ccc(NC(=O)c3cnc(C4CC4)s3)cc2C(F)(F)F)CC1. The van der Waals surface area contributed by atoms with Crippen LogP contribution in [0, 0.1) is 0 Å². The molecule has 0 atom stereocenters. The van der Waals surface area contributed by atoms with E-state index in [0.717, 1.165) is 23.9 Å². The number of nitrogens with zero attached hydrogens (tertiary/aromatic N) is 2. The van der Waals surface area contributed by atoms with Crippen LogP contribution in [0.15, 0.2) is 24.4 Å². The summed E-state index contributed by atoms with van der Waals surface area (Å²) in [4.78, 5) is 18.8. The lowest BCUT2D eigenvalue weighted by Crippen LogP contribution is -2.37. The fraction of sp³-hybridized carbons (Fsp3) is 0.500. The minimum absolute atomic E-state index is 0.0825. The highest BCUT2D eigenvalue weighted by Crippen LogP contribution is 2.42. The number of anilines is 2. The molecule has 2 heterocycles. The zero-order valence-corrected chi connectivity index (χ0v) is 16.8. The second-order valence-corrected chi connectivity index (χ2v) is 8.51. The van der Waals surface area contributed by atoms with E-state index in [1.807, 2.05) is 0 Å². The van der Waals surface area contributed by atoms with Gasteiger partial charge in [0.25, 0.3) is 5.91 Å². The normalized spacial score (nSPS) is 18.1. The number of halogens is 3. The molecular weight excluding hydrogens is 403 g/mol. The number of rotatable bonds is 5. The number of methoxy groups -OCH3 is 1. The van der Waals surface area contributed by atoms with Gasteiger partial charge in [-0.05, 0) is 43.9 Å². The topological polar surface area (TPSA) is 54.5 Å². The van der Waals surface area contributed by atoms with Crippen molar-refractivity contribution in [1.82, 2.24) is 4.98 Å². The van der Waals surface area contributed by atoms with Gasteiger partial charge < -0.3 is 15.0 Å². The van der Waals surface area contributed by atoms with E-state index >= 15 is 0 Å². The van der Waals surface area contributed by atoms with Crippen molar-refractivity contribution in [1.29, 1.82) is 0 Å². The molecule has 4 rings (SSSR count). The third-order valence-corrected chi connectivity index (χ3v) is 6.51. The number of hydrogen-bond acceptors (Lipinski definition) is 5. The average molecular weight is 425 g/mol. The molecule has 1 amide bonds. The van der Waals surface area contributed by atoms with Gasteiger partial charge in [0.05, 0.1) is 22.9 Å². The van der Waals surface area contributed by atoms with Crippen LogP contribution in [0.2, 0.25) is 0 Å². The van der Waals surface area contributed by atoms with Gasteiger partial charge in [-0.25, -0.2) is 4.98 Å². The molecule has 2 aromatic rings. The summed E-state index contributed by atoms with van der Waals surface area (Å²) in [5, 5.41) is 3.50. The van der Waals surface area contributed by atoms with Crippen LogP contribution in [0.3, 0.4) is 0 Å². The fourth-order valence-corrected chi connectivity index (χ4v) is 4.54. The number of ether oxygens (including phenoxy) is 1. The third kappa shape index (κ3) is 4.56. The molecule has 5 nitrogen and oxygen atoms in total. The van der Waals surface area contributed by atoms with E-state index in [1.54, 1.807) is 12.0 Å². The van der Waals surface area contributed by atoms with Gasteiger partial charge in [0.15, 0.2) is 0 Å². The number of amides is 1. The van der Waals surface area contributed by atoms with Gasteiger partial charge in [-0.15, -0.1) is 11.3 Å². The van der Waals surface area contributed by atoms with Gasteiger partial charge in [0, 0.05) is 37.5 Å². The van der Waals surface area contributed by atoms with Gasteiger partial charge >= 0.3 is 6.18 Å². The van der Waals surface area contributed by atoms with Gasteiger partial charge in [0.1, 0.15) is 4.88 Å². The highest BCUT2D eigenvalue weighted by atomic mass is 32.1. The van der Waals surface area contributed by atoms with E-state index in [-0.39, 0.29) is 17.5 Å². The van der Waals surface area contributed by atoms with Crippen molar-refractivity contribution >= 4 is 28.6 Å². The predicted octanol–water partition coefficient (Wildman–Crippen LogP) is 4.91. The molecule has 1 aromatic heterocycles. The Kier molecular flexibility index (Phi) is 5.52. The first-order valence-electron chi connectivity index (χ1n) is 9.61. The molecule has 1 aromatic carbocycles. The lowest BCUT2D eigenvalue weighted by Gasteiger charge is -2.34.